The molecule has 2 nitrogen and oxygen atoms in total. The minimum Gasteiger partial charge on any atom is -0.373 e. The molecule has 1 aromatic rings. The first-order valence-electron chi connectivity index (χ1n) is 5.36. The van der Waals surface area contributed by atoms with E-state index in [4.69, 9.17) is 0 Å². The number of hydrogen-bond acceptors (Lipinski definition) is 3. The van der Waals surface area contributed by atoms with Crippen LogP contribution < -0.4 is 5.32 Å². The quantitative estimate of drug-likeness (QED) is 0.907. The van der Waals surface area contributed by atoms with E-state index < -0.39 is 0 Å². The minimum absolute atomic E-state index is 1.01. The van der Waals surface area contributed by atoms with Crippen molar-refractivity contribution in [3.8, 4) is 0 Å². The molecule has 1 aromatic heterocycles. The summed E-state index contributed by atoms with van der Waals surface area (Å²) >= 11 is 5.29. The number of amidine groups is 1. The van der Waals surface area contributed by atoms with Gasteiger partial charge >= 0.3 is 0 Å². The zero-order chi connectivity index (χ0) is 10.5. The number of rotatable bonds is 3. The van der Waals surface area contributed by atoms with Gasteiger partial charge in [0.2, 0.25) is 0 Å². The van der Waals surface area contributed by atoms with Crippen LogP contribution in [0.2, 0.25) is 0 Å². The third-order valence-corrected chi connectivity index (χ3v) is 4.14. The molecule has 1 aliphatic rings. The molecule has 0 unspecified atom stereocenters. The lowest BCUT2D eigenvalue weighted by Crippen LogP contribution is -2.27. The van der Waals surface area contributed by atoms with Gasteiger partial charge in [-0.25, -0.2) is 0 Å². The van der Waals surface area contributed by atoms with Gasteiger partial charge in [0.05, 0.1) is 9.62 Å². The summed E-state index contributed by atoms with van der Waals surface area (Å²) in [7, 11) is 0. The van der Waals surface area contributed by atoms with Gasteiger partial charge in [-0.1, -0.05) is 0 Å². The molecule has 0 fully saturated rings. The number of hydrogen-bond donors (Lipinski definition) is 1. The molecule has 0 saturated carbocycles. The molecule has 0 aliphatic carbocycles. The highest BCUT2D eigenvalue weighted by Crippen LogP contribution is 2.22. The van der Waals surface area contributed by atoms with E-state index in [0.29, 0.717) is 0 Å². The maximum Gasteiger partial charge on any atom is 0.0963 e. The maximum absolute atomic E-state index is 4.47. The summed E-state index contributed by atoms with van der Waals surface area (Å²) in [5, 5.41) is 3.42. The van der Waals surface area contributed by atoms with Gasteiger partial charge in [0, 0.05) is 24.4 Å². The van der Waals surface area contributed by atoms with E-state index in [1.807, 2.05) is 11.3 Å². The average molecular weight is 287 g/mol. The smallest absolute Gasteiger partial charge is 0.0963 e. The Morgan fingerprint density at radius 3 is 3.00 bits per heavy atom. The third-order valence-electron chi connectivity index (χ3n) is 2.45. The van der Waals surface area contributed by atoms with Crippen LogP contribution in [0.3, 0.4) is 0 Å². The molecule has 0 spiro atoms. The molecule has 0 aromatic carbocycles. The first-order chi connectivity index (χ1) is 7.34. The molecule has 2 rings (SSSR count). The van der Waals surface area contributed by atoms with E-state index in [2.05, 4.69) is 38.4 Å². The van der Waals surface area contributed by atoms with E-state index in [1.54, 1.807) is 0 Å². The number of halogens is 1. The van der Waals surface area contributed by atoms with E-state index in [0.717, 1.165) is 25.9 Å². The molecule has 0 amide bonds. The SMILES string of the molecule is Brc1ccc(CCNC2=NCCCC2)s1. The first-order valence-corrected chi connectivity index (χ1v) is 6.97. The largest absolute Gasteiger partial charge is 0.373 e. The zero-order valence-electron chi connectivity index (χ0n) is 8.63. The minimum atomic E-state index is 1.01. The lowest BCUT2D eigenvalue weighted by atomic mass is 10.2. The molecular formula is C11H15BrN2S. The molecule has 0 saturated heterocycles. The molecule has 82 valence electrons. The van der Waals surface area contributed by atoms with Crippen molar-refractivity contribution < 1.29 is 0 Å². The van der Waals surface area contributed by atoms with Gasteiger partial charge in [0.15, 0.2) is 0 Å². The van der Waals surface area contributed by atoms with Crippen LogP contribution in [-0.2, 0) is 6.42 Å². The van der Waals surface area contributed by atoms with Gasteiger partial charge in [0.1, 0.15) is 0 Å². The van der Waals surface area contributed by atoms with Gasteiger partial charge in [-0.2, -0.15) is 0 Å². The number of aliphatic imine (C=N–C) groups is 1. The molecule has 1 N–H and O–H groups in total. The molecular weight excluding hydrogens is 272 g/mol. The highest BCUT2D eigenvalue weighted by atomic mass is 79.9. The number of thiophene rings is 1. The van der Waals surface area contributed by atoms with E-state index in [-0.39, 0.29) is 0 Å². The zero-order valence-corrected chi connectivity index (χ0v) is 11.0. The molecule has 1 aliphatic heterocycles. The Morgan fingerprint density at radius 2 is 2.33 bits per heavy atom. The Morgan fingerprint density at radius 1 is 1.40 bits per heavy atom. The van der Waals surface area contributed by atoms with Gasteiger partial charge in [-0.3, -0.25) is 4.99 Å². The number of nitrogens with one attached hydrogen (secondary N) is 1. The van der Waals surface area contributed by atoms with Crippen molar-refractivity contribution >= 4 is 33.1 Å². The topological polar surface area (TPSA) is 24.4 Å². The fourth-order valence-electron chi connectivity index (χ4n) is 1.66. The van der Waals surface area contributed by atoms with Crippen LogP contribution >= 0.6 is 27.3 Å². The fraction of sp³-hybridized carbons (Fsp3) is 0.545. The normalized spacial score (nSPS) is 16.2. The van der Waals surface area contributed by atoms with Crippen LogP contribution in [0.5, 0.6) is 0 Å². The predicted molar refractivity (Wildman–Crippen MR) is 69.9 cm³/mol. The maximum atomic E-state index is 4.47. The highest BCUT2D eigenvalue weighted by Gasteiger charge is 2.04. The van der Waals surface area contributed by atoms with Crippen molar-refractivity contribution in [3.05, 3.63) is 20.8 Å². The second-order valence-corrected chi connectivity index (χ2v) is 6.22. The molecule has 4 heteroatoms. The van der Waals surface area contributed by atoms with Gasteiger partial charge < -0.3 is 5.32 Å². The Hall–Kier alpha value is -0.350. The van der Waals surface area contributed by atoms with Crippen molar-refractivity contribution in [3.63, 3.8) is 0 Å². The second-order valence-electron chi connectivity index (χ2n) is 3.67. The lowest BCUT2D eigenvalue weighted by molar-refractivity contribution is 0.705. The molecule has 15 heavy (non-hydrogen) atoms. The van der Waals surface area contributed by atoms with Crippen LogP contribution in [0.1, 0.15) is 24.1 Å². The van der Waals surface area contributed by atoms with E-state index in [9.17, 15) is 0 Å². The summed E-state index contributed by atoms with van der Waals surface area (Å²) in [4.78, 5) is 5.89. The Balaban J connectivity index is 1.72. The summed E-state index contributed by atoms with van der Waals surface area (Å²) in [6.45, 7) is 2.01. The summed E-state index contributed by atoms with van der Waals surface area (Å²) in [5.74, 6) is 1.21. The van der Waals surface area contributed by atoms with Gasteiger partial charge in [-0.15, -0.1) is 11.3 Å². The average Bonchev–Trinajstić information content (AvgIpc) is 2.66. The fourth-order valence-corrected chi connectivity index (χ4v) is 3.14. The molecule has 0 atom stereocenters. The number of nitrogens with zero attached hydrogens (tertiary/aromatic N) is 1. The molecule has 0 radical (unpaired) electrons. The van der Waals surface area contributed by atoms with E-state index >= 15 is 0 Å². The Kier molecular flexibility index (Phi) is 4.20. The second kappa shape index (κ2) is 5.66. The van der Waals surface area contributed by atoms with Gasteiger partial charge in [0.25, 0.3) is 0 Å². The van der Waals surface area contributed by atoms with Crippen molar-refractivity contribution in [1.82, 2.24) is 5.32 Å². The summed E-state index contributed by atoms with van der Waals surface area (Å²) in [5.41, 5.74) is 0. The molecule has 0 bridgehead atoms. The predicted octanol–water partition coefficient (Wildman–Crippen LogP) is 3.23. The van der Waals surface area contributed by atoms with E-state index in [1.165, 1.54) is 27.3 Å². The van der Waals surface area contributed by atoms with Crippen LogP contribution in [-0.4, -0.2) is 18.9 Å². The van der Waals surface area contributed by atoms with Crippen LogP contribution in [0.4, 0.5) is 0 Å². The van der Waals surface area contributed by atoms with Crippen LogP contribution in [0, 0.1) is 0 Å². The van der Waals surface area contributed by atoms with Crippen molar-refractivity contribution in [1.29, 1.82) is 0 Å². The Bertz CT molecular complexity index is 346. The summed E-state index contributed by atoms with van der Waals surface area (Å²) in [6, 6.07) is 4.29. The third kappa shape index (κ3) is 3.61. The van der Waals surface area contributed by atoms with Crippen LogP contribution in [0.25, 0.3) is 0 Å². The summed E-state index contributed by atoms with van der Waals surface area (Å²) < 4.78 is 1.22. The lowest BCUT2D eigenvalue weighted by Gasteiger charge is -2.13. The van der Waals surface area contributed by atoms with Crippen molar-refractivity contribution in [2.75, 3.05) is 13.1 Å². The molecule has 2 heterocycles. The highest BCUT2D eigenvalue weighted by molar-refractivity contribution is 9.11. The van der Waals surface area contributed by atoms with Crippen molar-refractivity contribution in [2.45, 2.75) is 25.7 Å². The van der Waals surface area contributed by atoms with Gasteiger partial charge in [-0.05, 0) is 47.3 Å². The van der Waals surface area contributed by atoms with Crippen LogP contribution in [0.15, 0.2) is 20.9 Å². The van der Waals surface area contributed by atoms with Crippen molar-refractivity contribution in [2.24, 2.45) is 4.99 Å². The first kappa shape index (κ1) is 11.1. The standard InChI is InChI=1S/C11H15BrN2S/c12-10-5-4-9(15-10)6-8-14-11-3-1-2-7-13-11/h4-5H,1-3,6-8H2,(H,13,14). The monoisotopic (exact) mass is 286 g/mol. The summed E-state index contributed by atoms with van der Waals surface area (Å²) in [6.07, 6.45) is 4.77. The Labute approximate surface area is 103 Å².